The normalized spacial score (nSPS) is 10.4. The molecule has 0 aliphatic rings. The maximum atomic E-state index is 12.1. The third kappa shape index (κ3) is 4.42. The van der Waals surface area contributed by atoms with Crippen molar-refractivity contribution < 1.29 is 4.79 Å². The fraction of sp³-hybridized carbons (Fsp3) is 0.533. The minimum atomic E-state index is -0.0312. The highest BCUT2D eigenvalue weighted by molar-refractivity contribution is 5.96. The summed E-state index contributed by atoms with van der Waals surface area (Å²) in [6.45, 7) is 7.82. The van der Waals surface area contributed by atoms with Crippen molar-refractivity contribution in [2.45, 2.75) is 13.8 Å². The average molecular weight is 278 g/mol. The topological polar surface area (TPSA) is 56.4 Å². The van der Waals surface area contributed by atoms with E-state index in [0.29, 0.717) is 12.1 Å². The van der Waals surface area contributed by atoms with E-state index < -0.39 is 0 Å². The van der Waals surface area contributed by atoms with Crippen LogP contribution in [0.2, 0.25) is 0 Å². The third-order valence-electron chi connectivity index (χ3n) is 3.43. The Labute approximate surface area is 121 Å². The van der Waals surface area contributed by atoms with E-state index in [1.54, 1.807) is 0 Å². The number of hydrogen-bond donors (Lipinski definition) is 3. The van der Waals surface area contributed by atoms with Crippen LogP contribution in [0.25, 0.3) is 0 Å². The summed E-state index contributed by atoms with van der Waals surface area (Å²) in [6, 6.07) is 5.60. The molecule has 0 aliphatic heterocycles. The quantitative estimate of drug-likeness (QED) is 0.679. The van der Waals surface area contributed by atoms with Gasteiger partial charge in [-0.2, -0.15) is 0 Å². The van der Waals surface area contributed by atoms with Crippen LogP contribution in [0.15, 0.2) is 18.2 Å². The van der Waals surface area contributed by atoms with Crippen LogP contribution in [0.4, 0.5) is 11.4 Å². The molecule has 0 radical (unpaired) electrons. The lowest BCUT2D eigenvalue weighted by atomic mass is 10.1. The average Bonchev–Trinajstić information content (AvgIpc) is 2.50. The molecule has 112 valence electrons. The number of likely N-dealkylation sites (N-methyl/N-ethyl adjacent to an activating group) is 1. The fourth-order valence-corrected chi connectivity index (χ4v) is 2.08. The van der Waals surface area contributed by atoms with E-state index in [9.17, 15) is 4.79 Å². The summed E-state index contributed by atoms with van der Waals surface area (Å²) < 4.78 is 0. The first-order valence-electron chi connectivity index (χ1n) is 7.16. The Morgan fingerprint density at radius 2 is 1.75 bits per heavy atom. The summed E-state index contributed by atoms with van der Waals surface area (Å²) in [6.07, 6.45) is 0. The molecule has 0 bridgehead atoms. The van der Waals surface area contributed by atoms with Gasteiger partial charge in [-0.15, -0.1) is 0 Å². The smallest absolute Gasteiger partial charge is 0.251 e. The number of carbonyl (C=O) groups is 1. The summed E-state index contributed by atoms with van der Waals surface area (Å²) in [7, 11) is 3.71. The summed E-state index contributed by atoms with van der Waals surface area (Å²) in [5.74, 6) is -0.0312. The van der Waals surface area contributed by atoms with Crippen LogP contribution in [0.3, 0.4) is 0 Å². The molecule has 0 heterocycles. The lowest BCUT2D eigenvalue weighted by molar-refractivity contribution is 0.0949. The zero-order valence-corrected chi connectivity index (χ0v) is 12.9. The van der Waals surface area contributed by atoms with Gasteiger partial charge in [-0.05, 0) is 31.3 Å². The van der Waals surface area contributed by atoms with Gasteiger partial charge >= 0.3 is 0 Å². The highest BCUT2D eigenvalue weighted by Crippen LogP contribution is 2.22. The molecule has 1 aromatic rings. The molecule has 0 aliphatic carbocycles. The van der Waals surface area contributed by atoms with Gasteiger partial charge < -0.3 is 20.9 Å². The van der Waals surface area contributed by atoms with Crippen molar-refractivity contribution in [2.24, 2.45) is 0 Å². The van der Waals surface area contributed by atoms with E-state index in [0.717, 1.165) is 31.0 Å². The van der Waals surface area contributed by atoms with Crippen LogP contribution in [0.5, 0.6) is 0 Å². The number of carbonyl (C=O) groups excluding carboxylic acids is 1. The molecule has 0 saturated carbocycles. The second-order valence-electron chi connectivity index (χ2n) is 4.54. The molecule has 5 heteroatoms. The minimum Gasteiger partial charge on any atom is -0.386 e. The third-order valence-corrected chi connectivity index (χ3v) is 3.43. The first-order chi connectivity index (χ1) is 9.65. The number of amides is 1. The minimum absolute atomic E-state index is 0.0312. The zero-order chi connectivity index (χ0) is 15.0. The van der Waals surface area contributed by atoms with E-state index in [4.69, 9.17) is 0 Å². The van der Waals surface area contributed by atoms with Crippen molar-refractivity contribution in [1.82, 2.24) is 10.2 Å². The second-order valence-corrected chi connectivity index (χ2v) is 4.54. The second kappa shape index (κ2) is 8.43. The molecule has 3 N–H and O–H groups in total. The Kier molecular flexibility index (Phi) is 6.87. The summed E-state index contributed by atoms with van der Waals surface area (Å²) in [5.41, 5.74) is 2.57. The fourth-order valence-electron chi connectivity index (χ4n) is 2.08. The monoisotopic (exact) mass is 278 g/mol. The SMILES string of the molecule is CCN(CC)CCNC(=O)c1ccc(NC)c(NC)c1. The summed E-state index contributed by atoms with van der Waals surface area (Å²) >= 11 is 0. The lowest BCUT2D eigenvalue weighted by Gasteiger charge is -2.18. The molecule has 0 atom stereocenters. The van der Waals surface area contributed by atoms with Crippen LogP contribution in [0.1, 0.15) is 24.2 Å². The van der Waals surface area contributed by atoms with Crippen LogP contribution in [-0.2, 0) is 0 Å². The number of benzene rings is 1. The molecule has 0 spiro atoms. The van der Waals surface area contributed by atoms with Crippen molar-refractivity contribution in [1.29, 1.82) is 0 Å². The highest BCUT2D eigenvalue weighted by Gasteiger charge is 2.08. The highest BCUT2D eigenvalue weighted by atomic mass is 16.1. The van der Waals surface area contributed by atoms with Crippen LogP contribution >= 0.6 is 0 Å². The lowest BCUT2D eigenvalue weighted by Crippen LogP contribution is -2.34. The maximum absolute atomic E-state index is 12.1. The molecule has 20 heavy (non-hydrogen) atoms. The van der Waals surface area contributed by atoms with Gasteiger partial charge in [0, 0.05) is 32.7 Å². The molecule has 1 aromatic carbocycles. The Bertz CT molecular complexity index is 430. The first kappa shape index (κ1) is 16.3. The number of nitrogens with zero attached hydrogens (tertiary/aromatic N) is 1. The van der Waals surface area contributed by atoms with Crippen molar-refractivity contribution in [3.05, 3.63) is 23.8 Å². The van der Waals surface area contributed by atoms with Crippen molar-refractivity contribution in [3.8, 4) is 0 Å². The van der Waals surface area contributed by atoms with E-state index in [1.807, 2.05) is 32.3 Å². The van der Waals surface area contributed by atoms with E-state index in [2.05, 4.69) is 34.7 Å². The summed E-state index contributed by atoms with van der Waals surface area (Å²) in [5, 5.41) is 9.13. The molecule has 5 nitrogen and oxygen atoms in total. The van der Waals surface area contributed by atoms with Gasteiger partial charge in [-0.3, -0.25) is 4.79 Å². The molecular formula is C15H26N4O. The first-order valence-corrected chi connectivity index (χ1v) is 7.16. The van der Waals surface area contributed by atoms with Gasteiger partial charge in [0.1, 0.15) is 0 Å². The van der Waals surface area contributed by atoms with Crippen molar-refractivity contribution in [2.75, 3.05) is 50.9 Å². The van der Waals surface area contributed by atoms with Gasteiger partial charge in [-0.25, -0.2) is 0 Å². The molecule has 0 unspecified atom stereocenters. The zero-order valence-electron chi connectivity index (χ0n) is 12.9. The number of rotatable bonds is 8. The predicted molar refractivity (Wildman–Crippen MR) is 85.7 cm³/mol. The molecule has 1 rings (SSSR count). The number of hydrogen-bond acceptors (Lipinski definition) is 4. The van der Waals surface area contributed by atoms with Crippen molar-refractivity contribution >= 4 is 17.3 Å². The number of nitrogens with one attached hydrogen (secondary N) is 3. The van der Waals surface area contributed by atoms with Gasteiger partial charge in [0.25, 0.3) is 5.91 Å². The largest absolute Gasteiger partial charge is 0.386 e. The van der Waals surface area contributed by atoms with Crippen LogP contribution in [-0.4, -0.2) is 51.1 Å². The van der Waals surface area contributed by atoms with E-state index in [1.165, 1.54) is 0 Å². The Morgan fingerprint density at radius 3 is 2.30 bits per heavy atom. The maximum Gasteiger partial charge on any atom is 0.251 e. The van der Waals surface area contributed by atoms with E-state index >= 15 is 0 Å². The van der Waals surface area contributed by atoms with Crippen molar-refractivity contribution in [3.63, 3.8) is 0 Å². The Hall–Kier alpha value is -1.75. The van der Waals surface area contributed by atoms with Crippen LogP contribution < -0.4 is 16.0 Å². The van der Waals surface area contributed by atoms with Gasteiger partial charge in [-0.1, -0.05) is 13.8 Å². The van der Waals surface area contributed by atoms with Gasteiger partial charge in [0.2, 0.25) is 0 Å². The Balaban J connectivity index is 2.59. The molecule has 0 aromatic heterocycles. The van der Waals surface area contributed by atoms with E-state index in [-0.39, 0.29) is 5.91 Å². The summed E-state index contributed by atoms with van der Waals surface area (Å²) in [4.78, 5) is 14.4. The Morgan fingerprint density at radius 1 is 1.10 bits per heavy atom. The molecule has 0 fully saturated rings. The van der Waals surface area contributed by atoms with Gasteiger partial charge in [0.05, 0.1) is 11.4 Å². The standard InChI is InChI=1S/C15H26N4O/c1-5-19(6-2)10-9-18-15(20)12-7-8-13(16-3)14(11-12)17-4/h7-8,11,16-17H,5-6,9-10H2,1-4H3,(H,18,20). The number of anilines is 2. The molecular weight excluding hydrogens is 252 g/mol. The van der Waals surface area contributed by atoms with Crippen LogP contribution in [0, 0.1) is 0 Å². The van der Waals surface area contributed by atoms with Gasteiger partial charge in [0.15, 0.2) is 0 Å². The predicted octanol–water partition coefficient (Wildman–Crippen LogP) is 1.84. The molecule has 0 saturated heterocycles. The molecule has 1 amide bonds.